The molecule has 0 radical (unpaired) electrons. The fraction of sp³-hybridized carbons (Fsp3) is 0.846. The van der Waals surface area contributed by atoms with E-state index in [1.807, 2.05) is 0 Å². The van der Waals surface area contributed by atoms with Gasteiger partial charge >= 0.3 is 0 Å². The maximum Gasteiger partial charge on any atom is 0.112 e. The van der Waals surface area contributed by atoms with Gasteiger partial charge in [0, 0.05) is 0 Å². The summed E-state index contributed by atoms with van der Waals surface area (Å²) in [5.41, 5.74) is 0. The van der Waals surface area contributed by atoms with E-state index >= 15 is 0 Å². The molecule has 0 fully saturated rings. The molecule has 108 valence electrons. The van der Waals surface area contributed by atoms with E-state index in [-0.39, 0.29) is 0 Å². The highest BCUT2D eigenvalue weighted by Gasteiger charge is 2.28. The van der Waals surface area contributed by atoms with Gasteiger partial charge in [0.05, 0.1) is 6.61 Å². The molecule has 0 aromatic carbocycles. The second-order valence-electron chi connectivity index (χ2n) is 4.50. The van der Waals surface area contributed by atoms with Gasteiger partial charge in [0.2, 0.25) is 0 Å². The molecule has 0 spiro atoms. The summed E-state index contributed by atoms with van der Waals surface area (Å²) in [7, 11) is 0. The van der Waals surface area contributed by atoms with Crippen molar-refractivity contribution in [3.8, 4) is 0 Å². The molecule has 5 heteroatoms. The van der Waals surface area contributed by atoms with Crippen LogP contribution in [0.2, 0.25) is 0 Å². The molecule has 0 aliphatic carbocycles. The predicted octanol–water partition coefficient (Wildman–Crippen LogP) is -0.0511. The number of unbranched alkanes of at least 4 members (excludes halogenated alkanes) is 4. The lowest BCUT2D eigenvalue weighted by Gasteiger charge is -2.23. The van der Waals surface area contributed by atoms with Crippen LogP contribution in [-0.2, 0) is 0 Å². The first-order valence-electron chi connectivity index (χ1n) is 6.54. The number of rotatable bonds is 10. The van der Waals surface area contributed by atoms with Gasteiger partial charge < -0.3 is 25.5 Å². The van der Waals surface area contributed by atoms with Gasteiger partial charge in [-0.05, 0) is 12.8 Å². The Balaban J connectivity index is 3.92. The van der Waals surface area contributed by atoms with Crippen molar-refractivity contribution in [2.24, 2.45) is 0 Å². The molecule has 5 N–H and O–H groups in total. The molecule has 0 aliphatic rings. The molecule has 0 heterocycles. The standard InChI is InChI=1S/C13H26O5/c1-2-3-4-5-6-7-8-10(15)12(17)13(18)11(16)9-14/h7-8,10-18H,2-6,9H2,1H3/b8-7+. The van der Waals surface area contributed by atoms with Gasteiger partial charge in [0.15, 0.2) is 0 Å². The maximum atomic E-state index is 9.55. The summed E-state index contributed by atoms with van der Waals surface area (Å²) in [5, 5.41) is 46.2. The summed E-state index contributed by atoms with van der Waals surface area (Å²) in [4.78, 5) is 0. The van der Waals surface area contributed by atoms with Crippen LogP contribution in [0.3, 0.4) is 0 Å². The van der Waals surface area contributed by atoms with Crippen molar-refractivity contribution in [3.63, 3.8) is 0 Å². The highest BCUT2D eigenvalue weighted by atomic mass is 16.4. The summed E-state index contributed by atoms with van der Waals surface area (Å²) in [6, 6.07) is 0. The Bertz CT molecular complexity index is 219. The number of allylic oxidation sites excluding steroid dienone is 1. The van der Waals surface area contributed by atoms with E-state index < -0.39 is 31.0 Å². The molecule has 0 amide bonds. The molecule has 0 aromatic heterocycles. The molecule has 0 saturated heterocycles. The molecule has 18 heavy (non-hydrogen) atoms. The fourth-order valence-corrected chi connectivity index (χ4v) is 1.58. The van der Waals surface area contributed by atoms with Crippen LogP contribution in [0.1, 0.15) is 39.0 Å². The highest BCUT2D eigenvalue weighted by molar-refractivity contribution is 4.95. The lowest BCUT2D eigenvalue weighted by atomic mass is 10.0. The molecule has 0 aliphatic heterocycles. The second kappa shape index (κ2) is 10.5. The van der Waals surface area contributed by atoms with Crippen LogP contribution in [0, 0.1) is 0 Å². The van der Waals surface area contributed by atoms with E-state index in [1.165, 1.54) is 12.5 Å². The SMILES string of the molecule is CCCCCC/C=C/C(O)C(O)C(O)C(O)CO. The largest absolute Gasteiger partial charge is 0.394 e. The van der Waals surface area contributed by atoms with Gasteiger partial charge in [0.25, 0.3) is 0 Å². The Kier molecular flexibility index (Phi) is 10.2. The van der Waals surface area contributed by atoms with E-state index in [0.717, 1.165) is 25.7 Å². The zero-order valence-electron chi connectivity index (χ0n) is 10.9. The Morgan fingerprint density at radius 2 is 1.61 bits per heavy atom. The van der Waals surface area contributed by atoms with Crippen LogP contribution < -0.4 is 0 Å². The topological polar surface area (TPSA) is 101 Å². The predicted molar refractivity (Wildman–Crippen MR) is 69.0 cm³/mol. The minimum absolute atomic E-state index is 0.661. The Morgan fingerprint density at radius 1 is 0.944 bits per heavy atom. The monoisotopic (exact) mass is 262 g/mol. The van der Waals surface area contributed by atoms with Gasteiger partial charge in [-0.1, -0.05) is 38.3 Å². The first kappa shape index (κ1) is 17.5. The summed E-state index contributed by atoms with van der Waals surface area (Å²) < 4.78 is 0. The van der Waals surface area contributed by atoms with Crippen LogP contribution >= 0.6 is 0 Å². The number of hydrogen-bond donors (Lipinski definition) is 5. The van der Waals surface area contributed by atoms with Crippen molar-refractivity contribution in [3.05, 3.63) is 12.2 Å². The van der Waals surface area contributed by atoms with Crippen LogP contribution in [0.4, 0.5) is 0 Å². The van der Waals surface area contributed by atoms with Gasteiger partial charge in [0.1, 0.15) is 24.4 Å². The van der Waals surface area contributed by atoms with E-state index in [1.54, 1.807) is 6.08 Å². The van der Waals surface area contributed by atoms with Crippen LogP contribution in [0.25, 0.3) is 0 Å². The minimum Gasteiger partial charge on any atom is -0.394 e. The minimum atomic E-state index is -1.56. The average molecular weight is 262 g/mol. The molecule has 4 unspecified atom stereocenters. The van der Waals surface area contributed by atoms with Crippen molar-refractivity contribution >= 4 is 0 Å². The van der Waals surface area contributed by atoms with E-state index in [2.05, 4.69) is 6.92 Å². The van der Waals surface area contributed by atoms with Crippen molar-refractivity contribution < 1.29 is 25.5 Å². The Labute approximate surface area is 108 Å². The third-order valence-electron chi connectivity index (χ3n) is 2.84. The molecule has 5 nitrogen and oxygen atoms in total. The Morgan fingerprint density at radius 3 is 2.17 bits per heavy atom. The quantitative estimate of drug-likeness (QED) is 0.281. The lowest BCUT2D eigenvalue weighted by Crippen LogP contribution is -2.45. The molecular weight excluding hydrogens is 236 g/mol. The number of aliphatic hydroxyl groups excluding tert-OH is 5. The normalized spacial score (nSPS) is 18.8. The molecular formula is C13H26O5. The third-order valence-corrected chi connectivity index (χ3v) is 2.84. The second-order valence-corrected chi connectivity index (χ2v) is 4.50. The maximum absolute atomic E-state index is 9.55. The summed E-state index contributed by atoms with van der Waals surface area (Å²) in [6.07, 6.45) is 2.71. The van der Waals surface area contributed by atoms with Crippen LogP contribution in [0.15, 0.2) is 12.2 Å². The Hall–Kier alpha value is -0.460. The van der Waals surface area contributed by atoms with Crippen LogP contribution in [-0.4, -0.2) is 56.6 Å². The molecule has 0 bridgehead atoms. The van der Waals surface area contributed by atoms with Crippen LogP contribution in [0.5, 0.6) is 0 Å². The van der Waals surface area contributed by atoms with Gasteiger partial charge in [-0.2, -0.15) is 0 Å². The molecule has 0 rings (SSSR count). The number of hydrogen-bond acceptors (Lipinski definition) is 5. The third kappa shape index (κ3) is 7.08. The van der Waals surface area contributed by atoms with E-state index in [0.29, 0.717) is 0 Å². The van der Waals surface area contributed by atoms with Crippen molar-refractivity contribution in [2.75, 3.05) is 6.61 Å². The highest BCUT2D eigenvalue weighted by Crippen LogP contribution is 2.08. The van der Waals surface area contributed by atoms with E-state index in [4.69, 9.17) is 10.2 Å². The molecule has 0 saturated carbocycles. The zero-order valence-corrected chi connectivity index (χ0v) is 10.9. The smallest absolute Gasteiger partial charge is 0.112 e. The summed E-state index contributed by atoms with van der Waals surface area (Å²) in [5.74, 6) is 0. The van der Waals surface area contributed by atoms with Crippen molar-refractivity contribution in [2.45, 2.75) is 63.4 Å². The van der Waals surface area contributed by atoms with Gasteiger partial charge in [-0.3, -0.25) is 0 Å². The molecule has 0 aromatic rings. The number of aliphatic hydroxyl groups is 5. The summed E-state index contributed by atoms with van der Waals surface area (Å²) in [6.45, 7) is 1.47. The lowest BCUT2D eigenvalue weighted by molar-refractivity contribution is -0.104. The average Bonchev–Trinajstić information content (AvgIpc) is 2.39. The fourth-order valence-electron chi connectivity index (χ4n) is 1.58. The van der Waals surface area contributed by atoms with Crippen molar-refractivity contribution in [1.29, 1.82) is 0 Å². The molecule has 4 atom stereocenters. The first-order chi connectivity index (χ1) is 8.54. The van der Waals surface area contributed by atoms with Gasteiger partial charge in [-0.15, -0.1) is 0 Å². The zero-order chi connectivity index (χ0) is 14.0. The van der Waals surface area contributed by atoms with Crippen molar-refractivity contribution in [1.82, 2.24) is 0 Å². The first-order valence-corrected chi connectivity index (χ1v) is 6.54. The van der Waals surface area contributed by atoms with Gasteiger partial charge in [-0.25, -0.2) is 0 Å². The summed E-state index contributed by atoms with van der Waals surface area (Å²) >= 11 is 0. The van der Waals surface area contributed by atoms with E-state index in [9.17, 15) is 15.3 Å².